The molecule has 1 atom stereocenters. The Labute approximate surface area is 127 Å². The van der Waals surface area contributed by atoms with E-state index in [0.717, 1.165) is 29.4 Å². The highest BCUT2D eigenvalue weighted by molar-refractivity contribution is 5.60. The number of aromatic amines is 1. The lowest BCUT2D eigenvalue weighted by molar-refractivity contribution is 0.455. The van der Waals surface area contributed by atoms with Crippen molar-refractivity contribution in [1.82, 2.24) is 20.7 Å². The Bertz CT molecular complexity index is 519. The fourth-order valence-corrected chi connectivity index (χ4v) is 2.41. The third kappa shape index (κ3) is 4.97. The van der Waals surface area contributed by atoms with E-state index in [4.69, 9.17) is 0 Å². The van der Waals surface area contributed by atoms with Gasteiger partial charge in [-0.05, 0) is 19.3 Å². The smallest absolute Gasteiger partial charge is 0.117 e. The molecule has 4 nitrogen and oxygen atoms in total. The predicted octanol–water partition coefficient (Wildman–Crippen LogP) is 3.78. The molecule has 0 spiro atoms. The van der Waals surface area contributed by atoms with Gasteiger partial charge in [-0.2, -0.15) is 15.4 Å². The van der Waals surface area contributed by atoms with Gasteiger partial charge < -0.3 is 5.32 Å². The Morgan fingerprint density at radius 1 is 1.05 bits per heavy atom. The van der Waals surface area contributed by atoms with Crippen molar-refractivity contribution in [1.29, 1.82) is 0 Å². The molecule has 0 aliphatic carbocycles. The Kier molecular flexibility index (Phi) is 5.93. The molecule has 0 bridgehead atoms. The molecule has 0 aliphatic rings. The molecule has 1 heterocycles. The van der Waals surface area contributed by atoms with Gasteiger partial charge in [-0.3, -0.25) is 0 Å². The van der Waals surface area contributed by atoms with Crippen molar-refractivity contribution in [2.45, 2.75) is 52.6 Å². The lowest BCUT2D eigenvalue weighted by Gasteiger charge is -2.13. The fraction of sp³-hybridized carbons (Fsp3) is 0.529. The van der Waals surface area contributed by atoms with Crippen LogP contribution in [0.25, 0.3) is 11.3 Å². The first-order valence-electron chi connectivity index (χ1n) is 7.85. The van der Waals surface area contributed by atoms with Crippen LogP contribution in [0.1, 0.15) is 45.7 Å². The number of H-pyrrole nitrogens is 1. The lowest BCUT2D eigenvalue weighted by Crippen LogP contribution is -2.25. The molecule has 2 rings (SSSR count). The predicted molar refractivity (Wildman–Crippen MR) is 86.8 cm³/mol. The minimum absolute atomic E-state index is 0.504. The normalized spacial score (nSPS) is 12.8. The first-order valence-corrected chi connectivity index (χ1v) is 7.85. The topological polar surface area (TPSA) is 53.6 Å². The maximum atomic E-state index is 4.27. The van der Waals surface area contributed by atoms with E-state index in [1.54, 1.807) is 0 Å². The number of nitrogens with zero attached hydrogens (tertiary/aromatic N) is 2. The summed E-state index contributed by atoms with van der Waals surface area (Å²) in [6.45, 7) is 7.55. The highest BCUT2D eigenvalue weighted by atomic mass is 15.3. The van der Waals surface area contributed by atoms with E-state index in [0.29, 0.717) is 6.04 Å². The maximum absolute atomic E-state index is 4.27. The van der Waals surface area contributed by atoms with Crippen LogP contribution in [0.3, 0.4) is 0 Å². The van der Waals surface area contributed by atoms with Crippen LogP contribution in [0, 0.1) is 5.92 Å². The van der Waals surface area contributed by atoms with Crippen molar-refractivity contribution in [2.75, 3.05) is 0 Å². The quantitative estimate of drug-likeness (QED) is 0.776. The molecule has 1 unspecified atom stereocenters. The average Bonchev–Trinajstić information content (AvgIpc) is 2.94. The Balaban J connectivity index is 1.86. The maximum Gasteiger partial charge on any atom is 0.117 e. The summed E-state index contributed by atoms with van der Waals surface area (Å²) in [5.41, 5.74) is 3.03. The van der Waals surface area contributed by atoms with Gasteiger partial charge in [0, 0.05) is 18.2 Å². The molecule has 2 N–H and O–H groups in total. The van der Waals surface area contributed by atoms with Crippen molar-refractivity contribution < 1.29 is 0 Å². The fourth-order valence-electron chi connectivity index (χ4n) is 2.41. The number of benzene rings is 1. The summed E-state index contributed by atoms with van der Waals surface area (Å²) in [6, 6.07) is 10.7. The molecule has 0 radical (unpaired) electrons. The first kappa shape index (κ1) is 15.7. The van der Waals surface area contributed by atoms with Crippen LogP contribution in [0.5, 0.6) is 0 Å². The van der Waals surface area contributed by atoms with Gasteiger partial charge in [-0.15, -0.1) is 0 Å². The molecule has 114 valence electrons. The van der Waals surface area contributed by atoms with Crippen LogP contribution < -0.4 is 5.32 Å². The number of rotatable bonds is 8. The van der Waals surface area contributed by atoms with E-state index in [1.165, 1.54) is 19.3 Å². The van der Waals surface area contributed by atoms with Gasteiger partial charge in [0.1, 0.15) is 11.4 Å². The first-order chi connectivity index (χ1) is 10.2. The highest BCUT2D eigenvalue weighted by Gasteiger charge is 2.11. The third-order valence-electron chi connectivity index (χ3n) is 3.70. The zero-order valence-electron chi connectivity index (χ0n) is 13.3. The molecular weight excluding hydrogens is 260 g/mol. The van der Waals surface area contributed by atoms with Crippen LogP contribution in [0.4, 0.5) is 0 Å². The van der Waals surface area contributed by atoms with E-state index >= 15 is 0 Å². The largest absolute Gasteiger partial charge is 0.309 e. The van der Waals surface area contributed by atoms with Gasteiger partial charge in [0.2, 0.25) is 0 Å². The molecule has 0 aliphatic heterocycles. The molecule has 0 amide bonds. The van der Waals surface area contributed by atoms with Gasteiger partial charge in [0.05, 0.1) is 0 Å². The van der Waals surface area contributed by atoms with Gasteiger partial charge in [-0.1, -0.05) is 57.0 Å². The minimum Gasteiger partial charge on any atom is -0.309 e. The molecule has 0 saturated carbocycles. The van der Waals surface area contributed by atoms with Crippen LogP contribution in [0.2, 0.25) is 0 Å². The minimum atomic E-state index is 0.504. The molecular formula is C17H26N4. The van der Waals surface area contributed by atoms with Crippen LogP contribution >= 0.6 is 0 Å². The number of hydrogen-bond acceptors (Lipinski definition) is 3. The molecule has 2 aromatic rings. The van der Waals surface area contributed by atoms with E-state index in [2.05, 4.69) is 53.6 Å². The van der Waals surface area contributed by atoms with Gasteiger partial charge in [0.25, 0.3) is 0 Å². The lowest BCUT2D eigenvalue weighted by atomic mass is 10.0. The van der Waals surface area contributed by atoms with Crippen molar-refractivity contribution >= 4 is 0 Å². The second-order valence-corrected chi connectivity index (χ2v) is 6.09. The van der Waals surface area contributed by atoms with Gasteiger partial charge in [0.15, 0.2) is 0 Å². The van der Waals surface area contributed by atoms with E-state index in [9.17, 15) is 0 Å². The van der Waals surface area contributed by atoms with Crippen molar-refractivity contribution in [3.8, 4) is 11.3 Å². The average molecular weight is 286 g/mol. The summed E-state index contributed by atoms with van der Waals surface area (Å²) in [5, 5.41) is 14.8. The molecule has 21 heavy (non-hydrogen) atoms. The van der Waals surface area contributed by atoms with Crippen molar-refractivity contribution in [3.05, 3.63) is 36.0 Å². The van der Waals surface area contributed by atoms with Crippen molar-refractivity contribution in [3.63, 3.8) is 0 Å². The van der Waals surface area contributed by atoms with Crippen molar-refractivity contribution in [2.24, 2.45) is 5.92 Å². The van der Waals surface area contributed by atoms with E-state index in [-0.39, 0.29) is 0 Å². The van der Waals surface area contributed by atoms with E-state index in [1.807, 2.05) is 18.2 Å². The summed E-state index contributed by atoms with van der Waals surface area (Å²) in [4.78, 5) is 0. The Hall–Kier alpha value is -1.68. The van der Waals surface area contributed by atoms with Crippen LogP contribution in [-0.2, 0) is 6.54 Å². The SMILES string of the molecule is CC(C)CCCC(C)NCc1n[nH]nc1-c1ccccc1. The Morgan fingerprint density at radius 2 is 1.81 bits per heavy atom. The standard InChI is InChI=1S/C17H26N4/c1-13(2)8-7-9-14(3)18-12-16-17(20-21-19-16)15-10-5-4-6-11-15/h4-6,10-11,13-14,18H,7-9,12H2,1-3H3,(H,19,20,21). The summed E-state index contributed by atoms with van der Waals surface area (Å²) in [5.74, 6) is 0.789. The molecule has 0 fully saturated rings. The molecule has 0 saturated heterocycles. The summed E-state index contributed by atoms with van der Waals surface area (Å²) >= 11 is 0. The molecule has 4 heteroatoms. The zero-order chi connectivity index (χ0) is 15.1. The van der Waals surface area contributed by atoms with Gasteiger partial charge >= 0.3 is 0 Å². The van der Waals surface area contributed by atoms with Gasteiger partial charge in [-0.25, -0.2) is 0 Å². The summed E-state index contributed by atoms with van der Waals surface area (Å²) in [7, 11) is 0. The number of nitrogens with one attached hydrogen (secondary N) is 2. The highest BCUT2D eigenvalue weighted by Crippen LogP contribution is 2.19. The monoisotopic (exact) mass is 286 g/mol. The second-order valence-electron chi connectivity index (χ2n) is 6.09. The molecule has 1 aromatic heterocycles. The zero-order valence-corrected chi connectivity index (χ0v) is 13.3. The Morgan fingerprint density at radius 3 is 2.52 bits per heavy atom. The van der Waals surface area contributed by atoms with Crippen LogP contribution in [0.15, 0.2) is 30.3 Å². The number of hydrogen-bond donors (Lipinski definition) is 2. The van der Waals surface area contributed by atoms with Crippen LogP contribution in [-0.4, -0.2) is 21.5 Å². The van der Waals surface area contributed by atoms with E-state index < -0.39 is 0 Å². The molecule has 1 aromatic carbocycles. The number of aromatic nitrogens is 3. The summed E-state index contributed by atoms with van der Waals surface area (Å²) < 4.78 is 0. The third-order valence-corrected chi connectivity index (χ3v) is 3.70. The summed E-state index contributed by atoms with van der Waals surface area (Å²) in [6.07, 6.45) is 3.78. The second kappa shape index (κ2) is 7.93.